The Morgan fingerprint density at radius 1 is 1.20 bits per heavy atom. The third-order valence-corrected chi connectivity index (χ3v) is 3.89. The molecule has 0 atom stereocenters. The van der Waals surface area contributed by atoms with Crippen molar-refractivity contribution >= 4 is 0 Å². The molecular formula is C19H22N4O2. The number of aryl methyl sites for hydroxylation is 1. The molecule has 2 aromatic heterocycles. The minimum absolute atomic E-state index is 0.430. The fourth-order valence-corrected chi connectivity index (χ4v) is 2.69. The average Bonchev–Trinajstić information content (AvgIpc) is 3.20. The molecule has 25 heavy (non-hydrogen) atoms. The van der Waals surface area contributed by atoms with Gasteiger partial charge in [0.1, 0.15) is 17.0 Å². The Hall–Kier alpha value is -2.73. The van der Waals surface area contributed by atoms with Crippen LogP contribution in [-0.4, -0.2) is 33.3 Å². The summed E-state index contributed by atoms with van der Waals surface area (Å²) in [5.74, 6) is 1.65. The maximum Gasteiger partial charge on any atom is 0.253 e. The van der Waals surface area contributed by atoms with Gasteiger partial charge < -0.3 is 8.94 Å². The van der Waals surface area contributed by atoms with Crippen LogP contribution in [-0.2, 0) is 6.54 Å². The maximum atomic E-state index is 5.89. The van der Waals surface area contributed by atoms with E-state index in [4.69, 9.17) is 8.94 Å². The van der Waals surface area contributed by atoms with Crippen molar-refractivity contribution < 1.29 is 8.94 Å². The van der Waals surface area contributed by atoms with Gasteiger partial charge in [0.25, 0.3) is 5.89 Å². The summed E-state index contributed by atoms with van der Waals surface area (Å²) in [7, 11) is 0. The van der Waals surface area contributed by atoms with Crippen molar-refractivity contribution in [2.24, 2.45) is 0 Å². The van der Waals surface area contributed by atoms with E-state index in [-0.39, 0.29) is 0 Å². The molecule has 0 fully saturated rings. The molecule has 0 aliphatic carbocycles. The van der Waals surface area contributed by atoms with Gasteiger partial charge in [-0.05, 0) is 20.4 Å². The van der Waals surface area contributed by atoms with Gasteiger partial charge in [-0.3, -0.25) is 4.90 Å². The number of benzene rings is 1. The van der Waals surface area contributed by atoms with Crippen LogP contribution < -0.4 is 0 Å². The standard InChI is InChI=1S/C19H22N4O2/c1-5-23(11-13(2)3)12-16-20-21-19(24-16)17-14(4)25-22-18(17)15-9-7-6-8-10-15/h6-10H,2,5,11-12H2,1,3-4H3. The van der Waals surface area contributed by atoms with Crippen LogP contribution in [0.4, 0.5) is 0 Å². The van der Waals surface area contributed by atoms with Gasteiger partial charge >= 0.3 is 0 Å². The summed E-state index contributed by atoms with van der Waals surface area (Å²) in [4.78, 5) is 2.19. The van der Waals surface area contributed by atoms with Crippen molar-refractivity contribution in [2.75, 3.05) is 13.1 Å². The van der Waals surface area contributed by atoms with E-state index < -0.39 is 0 Å². The molecule has 0 amide bonds. The molecule has 3 rings (SSSR count). The van der Waals surface area contributed by atoms with Gasteiger partial charge in [0, 0.05) is 12.1 Å². The Labute approximate surface area is 147 Å². The largest absolute Gasteiger partial charge is 0.419 e. The smallest absolute Gasteiger partial charge is 0.253 e. The van der Waals surface area contributed by atoms with Crippen molar-refractivity contribution in [3.8, 4) is 22.7 Å². The molecule has 0 spiro atoms. The summed E-state index contributed by atoms with van der Waals surface area (Å²) in [6, 6.07) is 9.83. The Morgan fingerprint density at radius 3 is 2.64 bits per heavy atom. The minimum Gasteiger partial charge on any atom is -0.419 e. The van der Waals surface area contributed by atoms with Gasteiger partial charge in [-0.15, -0.1) is 10.2 Å². The lowest BCUT2D eigenvalue weighted by atomic mass is 10.1. The highest BCUT2D eigenvalue weighted by atomic mass is 16.5. The van der Waals surface area contributed by atoms with Gasteiger partial charge in [0.05, 0.1) is 6.54 Å². The second kappa shape index (κ2) is 7.44. The fraction of sp³-hybridized carbons (Fsp3) is 0.316. The molecule has 130 valence electrons. The van der Waals surface area contributed by atoms with Crippen LogP contribution in [0.1, 0.15) is 25.5 Å². The molecule has 3 aromatic rings. The van der Waals surface area contributed by atoms with Crippen LogP contribution in [0.2, 0.25) is 0 Å². The predicted octanol–water partition coefficient (Wildman–Crippen LogP) is 4.10. The Kier molecular flexibility index (Phi) is 5.09. The van der Waals surface area contributed by atoms with E-state index in [2.05, 4.69) is 33.8 Å². The van der Waals surface area contributed by atoms with Crippen molar-refractivity contribution in [2.45, 2.75) is 27.3 Å². The van der Waals surface area contributed by atoms with Crippen molar-refractivity contribution in [3.63, 3.8) is 0 Å². The quantitative estimate of drug-likeness (QED) is 0.604. The number of hydrogen-bond donors (Lipinski definition) is 0. The van der Waals surface area contributed by atoms with E-state index in [1.54, 1.807) is 0 Å². The van der Waals surface area contributed by atoms with Crippen LogP contribution in [0.5, 0.6) is 0 Å². The zero-order valence-electron chi connectivity index (χ0n) is 14.8. The number of hydrogen-bond acceptors (Lipinski definition) is 6. The third-order valence-electron chi connectivity index (χ3n) is 3.89. The van der Waals surface area contributed by atoms with E-state index in [1.165, 1.54) is 0 Å². The molecule has 2 heterocycles. The molecule has 1 aromatic carbocycles. The predicted molar refractivity (Wildman–Crippen MR) is 95.7 cm³/mol. The number of likely N-dealkylation sites (N-methyl/N-ethyl adjacent to an activating group) is 1. The highest BCUT2D eigenvalue weighted by Gasteiger charge is 2.22. The van der Waals surface area contributed by atoms with Crippen LogP contribution in [0.15, 0.2) is 51.4 Å². The molecule has 0 aliphatic heterocycles. The molecule has 0 unspecified atom stereocenters. The first-order valence-electron chi connectivity index (χ1n) is 8.29. The summed E-state index contributed by atoms with van der Waals surface area (Å²) in [6.45, 7) is 12.2. The highest BCUT2D eigenvalue weighted by Crippen LogP contribution is 2.33. The first kappa shape index (κ1) is 17.1. The first-order valence-corrected chi connectivity index (χ1v) is 8.29. The molecule has 0 radical (unpaired) electrons. The van der Waals surface area contributed by atoms with E-state index in [0.29, 0.717) is 29.8 Å². The lowest BCUT2D eigenvalue weighted by Crippen LogP contribution is -2.24. The highest BCUT2D eigenvalue weighted by molar-refractivity contribution is 5.77. The summed E-state index contributed by atoms with van der Waals surface area (Å²) >= 11 is 0. The molecule has 6 nitrogen and oxygen atoms in total. The van der Waals surface area contributed by atoms with Gasteiger partial charge in [-0.2, -0.15) is 0 Å². The minimum atomic E-state index is 0.430. The average molecular weight is 338 g/mol. The third kappa shape index (κ3) is 3.85. The van der Waals surface area contributed by atoms with Crippen molar-refractivity contribution in [1.82, 2.24) is 20.3 Å². The number of aromatic nitrogens is 3. The zero-order valence-corrected chi connectivity index (χ0v) is 14.8. The van der Waals surface area contributed by atoms with E-state index in [9.17, 15) is 0 Å². The van der Waals surface area contributed by atoms with Crippen LogP contribution in [0.3, 0.4) is 0 Å². The maximum absolute atomic E-state index is 5.89. The molecule has 0 bridgehead atoms. The summed E-state index contributed by atoms with van der Waals surface area (Å²) < 4.78 is 11.3. The summed E-state index contributed by atoms with van der Waals surface area (Å²) in [5.41, 5.74) is 3.50. The summed E-state index contributed by atoms with van der Waals surface area (Å²) in [5, 5.41) is 12.6. The van der Waals surface area contributed by atoms with Crippen LogP contribution >= 0.6 is 0 Å². The number of rotatable bonds is 7. The topological polar surface area (TPSA) is 68.2 Å². The monoisotopic (exact) mass is 338 g/mol. The zero-order chi connectivity index (χ0) is 17.8. The molecule has 0 N–H and O–H groups in total. The van der Waals surface area contributed by atoms with Crippen LogP contribution in [0, 0.1) is 6.92 Å². The van der Waals surface area contributed by atoms with Crippen LogP contribution in [0.25, 0.3) is 22.7 Å². The lowest BCUT2D eigenvalue weighted by Gasteiger charge is -2.17. The SMILES string of the molecule is C=C(C)CN(CC)Cc1nnc(-c2c(-c3ccccc3)noc2C)o1. The molecular weight excluding hydrogens is 316 g/mol. The normalized spacial score (nSPS) is 11.2. The van der Waals surface area contributed by atoms with Crippen molar-refractivity contribution in [1.29, 1.82) is 0 Å². The van der Waals surface area contributed by atoms with E-state index in [1.807, 2.05) is 44.2 Å². The fourth-order valence-electron chi connectivity index (χ4n) is 2.69. The van der Waals surface area contributed by atoms with Crippen molar-refractivity contribution in [3.05, 3.63) is 54.1 Å². The Morgan fingerprint density at radius 2 is 1.96 bits per heavy atom. The molecule has 0 saturated heterocycles. The Bertz CT molecular complexity index is 851. The van der Waals surface area contributed by atoms with Gasteiger partial charge in [-0.25, -0.2) is 0 Å². The summed E-state index contributed by atoms with van der Waals surface area (Å²) in [6.07, 6.45) is 0. The molecule has 0 aliphatic rings. The number of nitrogens with zero attached hydrogens (tertiary/aromatic N) is 4. The Balaban J connectivity index is 1.88. The van der Waals surface area contributed by atoms with E-state index in [0.717, 1.165) is 29.8 Å². The lowest BCUT2D eigenvalue weighted by molar-refractivity contribution is 0.271. The van der Waals surface area contributed by atoms with Gasteiger partial charge in [-0.1, -0.05) is 54.6 Å². The first-order chi connectivity index (χ1) is 12.1. The van der Waals surface area contributed by atoms with E-state index >= 15 is 0 Å². The van der Waals surface area contributed by atoms with Gasteiger partial charge in [0.2, 0.25) is 5.89 Å². The van der Waals surface area contributed by atoms with Gasteiger partial charge in [0.15, 0.2) is 0 Å². The molecule has 6 heteroatoms. The second-order valence-corrected chi connectivity index (χ2v) is 6.09. The second-order valence-electron chi connectivity index (χ2n) is 6.09. The molecule has 0 saturated carbocycles.